The van der Waals surface area contributed by atoms with Crippen LogP contribution in [0, 0.1) is 0 Å². The molecule has 0 amide bonds. The van der Waals surface area contributed by atoms with Gasteiger partial charge in [-0.05, 0) is 24.3 Å². The Hall–Kier alpha value is 0.299. The Bertz CT molecular complexity index is 534. The molecule has 117 valence electrons. The van der Waals surface area contributed by atoms with Crippen molar-refractivity contribution in [2.45, 2.75) is 0 Å². The second kappa shape index (κ2) is 9.44. The molecule has 2 aromatic rings. The van der Waals surface area contributed by atoms with E-state index < -0.39 is 0 Å². The molecule has 0 fully saturated rings. The molecule has 21 heavy (non-hydrogen) atoms. The summed E-state index contributed by atoms with van der Waals surface area (Å²) < 4.78 is 0. The van der Waals surface area contributed by atoms with Crippen molar-refractivity contribution >= 4 is 69.6 Å². The molecule has 0 bridgehead atoms. The Balaban J connectivity index is 0.000000364. The molecule has 0 saturated heterocycles. The fourth-order valence-corrected chi connectivity index (χ4v) is 2.69. The number of benzene rings is 2. The van der Waals surface area contributed by atoms with Crippen molar-refractivity contribution in [3.63, 3.8) is 0 Å². The molecule has 0 aliphatic carbocycles. The molecule has 0 N–H and O–H groups in total. The second-order valence-electron chi connectivity index (χ2n) is 3.40. The normalized spacial score (nSPS) is 9.43. The van der Waals surface area contributed by atoms with Crippen molar-refractivity contribution < 1.29 is 27.3 Å². The van der Waals surface area contributed by atoms with Crippen molar-refractivity contribution in [2.75, 3.05) is 0 Å². The van der Waals surface area contributed by atoms with Crippen LogP contribution in [0.3, 0.4) is 0 Å². The van der Waals surface area contributed by atoms with Gasteiger partial charge in [0.1, 0.15) is 0 Å². The first-order valence-corrected chi connectivity index (χ1v) is 7.12. The van der Waals surface area contributed by atoms with Crippen LogP contribution in [0.15, 0.2) is 24.3 Å². The van der Waals surface area contributed by atoms with Gasteiger partial charge in [-0.25, -0.2) is 0 Å². The van der Waals surface area contributed by atoms with Gasteiger partial charge in [0.15, 0.2) is 0 Å². The van der Waals surface area contributed by atoms with Gasteiger partial charge in [0, 0.05) is 30.1 Å². The van der Waals surface area contributed by atoms with Crippen LogP contribution in [0.2, 0.25) is 30.1 Å². The first-order valence-electron chi connectivity index (χ1n) is 4.85. The van der Waals surface area contributed by atoms with E-state index in [4.69, 9.17) is 69.6 Å². The molecule has 0 aromatic heterocycles. The zero-order valence-electron chi connectivity index (χ0n) is 9.70. The molecule has 0 atom stereocenters. The van der Waals surface area contributed by atoms with Crippen molar-refractivity contribution in [3.8, 4) is 11.5 Å². The summed E-state index contributed by atoms with van der Waals surface area (Å²) in [5.74, 6) is -0.763. The van der Waals surface area contributed by atoms with Crippen molar-refractivity contribution in [3.05, 3.63) is 54.4 Å². The molecular weight excluding hydrogens is 452 g/mol. The fraction of sp³-hybridized carbons (Fsp3) is 0. The molecule has 0 spiro atoms. The Labute approximate surface area is 161 Å². The summed E-state index contributed by atoms with van der Waals surface area (Å²) >= 11 is 32.8. The van der Waals surface area contributed by atoms with E-state index in [2.05, 4.69) is 0 Å². The van der Waals surface area contributed by atoms with E-state index in [-0.39, 0.29) is 48.7 Å². The van der Waals surface area contributed by atoms with Crippen LogP contribution < -0.4 is 10.2 Å². The van der Waals surface area contributed by atoms with Gasteiger partial charge in [-0.2, -0.15) is 0 Å². The van der Waals surface area contributed by atoms with Gasteiger partial charge < -0.3 is 10.2 Å². The largest absolute Gasteiger partial charge is 2.00 e. The second-order valence-corrected chi connectivity index (χ2v) is 5.90. The van der Waals surface area contributed by atoms with E-state index in [1.165, 1.54) is 24.3 Å². The maximum Gasteiger partial charge on any atom is 2.00 e. The van der Waals surface area contributed by atoms with Crippen LogP contribution in [0.25, 0.3) is 0 Å². The minimum atomic E-state index is -0.382. The third-order valence-corrected chi connectivity index (χ3v) is 3.49. The zero-order chi connectivity index (χ0) is 15.4. The SMILES string of the molecule is [Cu+2].[O-]c1c(Cl)cc(Cl)cc1Cl.[O-]c1c(Cl)cc(Cl)cc1Cl. The summed E-state index contributed by atoms with van der Waals surface area (Å²) in [6.07, 6.45) is 0. The van der Waals surface area contributed by atoms with Gasteiger partial charge in [-0.1, -0.05) is 81.1 Å². The molecule has 2 nitrogen and oxygen atoms in total. The quantitative estimate of drug-likeness (QED) is 0.496. The van der Waals surface area contributed by atoms with Gasteiger partial charge in [-0.3, -0.25) is 0 Å². The zero-order valence-corrected chi connectivity index (χ0v) is 15.2. The van der Waals surface area contributed by atoms with E-state index in [9.17, 15) is 10.2 Å². The minimum Gasteiger partial charge on any atom is -0.870 e. The first kappa shape index (κ1) is 21.3. The monoisotopic (exact) mass is 453 g/mol. The maximum absolute atomic E-state index is 10.8. The van der Waals surface area contributed by atoms with Crippen molar-refractivity contribution in [2.24, 2.45) is 0 Å². The van der Waals surface area contributed by atoms with Crippen LogP contribution in [0.4, 0.5) is 0 Å². The Morgan fingerprint density at radius 3 is 0.905 bits per heavy atom. The van der Waals surface area contributed by atoms with E-state index in [1.807, 2.05) is 0 Å². The predicted octanol–water partition coefficient (Wildman–Crippen LogP) is 5.44. The van der Waals surface area contributed by atoms with Crippen molar-refractivity contribution in [1.29, 1.82) is 0 Å². The van der Waals surface area contributed by atoms with Gasteiger partial charge >= 0.3 is 17.1 Å². The third-order valence-electron chi connectivity index (χ3n) is 1.93. The van der Waals surface area contributed by atoms with E-state index in [0.29, 0.717) is 10.0 Å². The number of halogens is 6. The Morgan fingerprint density at radius 1 is 0.524 bits per heavy atom. The van der Waals surface area contributed by atoms with E-state index in [0.717, 1.165) is 0 Å². The summed E-state index contributed by atoms with van der Waals surface area (Å²) in [5, 5.41) is 22.5. The molecule has 0 aliphatic heterocycles. The molecular formula is C12H4Cl6CuO2. The average molecular weight is 456 g/mol. The Kier molecular flexibility index (Phi) is 9.58. The smallest absolute Gasteiger partial charge is 0.870 e. The summed E-state index contributed by atoms with van der Waals surface area (Å²) in [4.78, 5) is 0. The molecule has 1 radical (unpaired) electrons. The fourth-order valence-electron chi connectivity index (χ4n) is 1.06. The topological polar surface area (TPSA) is 46.1 Å². The van der Waals surface area contributed by atoms with Gasteiger partial charge in [-0.15, -0.1) is 0 Å². The van der Waals surface area contributed by atoms with Gasteiger partial charge in [0.05, 0.1) is 0 Å². The van der Waals surface area contributed by atoms with Crippen LogP contribution >= 0.6 is 69.6 Å². The first-order chi connectivity index (χ1) is 9.22. The summed E-state index contributed by atoms with van der Waals surface area (Å²) in [6, 6.07) is 5.43. The number of hydrogen-bond donors (Lipinski definition) is 0. The summed E-state index contributed by atoms with van der Waals surface area (Å²) in [7, 11) is 0. The molecule has 0 aliphatic rings. The third kappa shape index (κ3) is 6.52. The molecule has 0 heterocycles. The number of rotatable bonds is 0. The van der Waals surface area contributed by atoms with Crippen LogP contribution in [-0.4, -0.2) is 0 Å². The summed E-state index contributed by atoms with van der Waals surface area (Å²) in [6.45, 7) is 0. The molecule has 2 aromatic carbocycles. The van der Waals surface area contributed by atoms with Crippen molar-refractivity contribution in [1.82, 2.24) is 0 Å². The van der Waals surface area contributed by atoms with E-state index in [1.54, 1.807) is 0 Å². The molecule has 2 rings (SSSR count). The minimum absolute atomic E-state index is 0. The van der Waals surface area contributed by atoms with Crippen LogP contribution in [0.1, 0.15) is 0 Å². The predicted molar refractivity (Wildman–Crippen MR) is 81.8 cm³/mol. The van der Waals surface area contributed by atoms with Gasteiger partial charge in [0.25, 0.3) is 0 Å². The molecule has 0 saturated carbocycles. The van der Waals surface area contributed by atoms with E-state index >= 15 is 0 Å². The van der Waals surface area contributed by atoms with Gasteiger partial charge in [0.2, 0.25) is 0 Å². The average Bonchev–Trinajstić information content (AvgIpc) is 2.33. The van der Waals surface area contributed by atoms with Crippen LogP contribution in [-0.2, 0) is 17.1 Å². The molecule has 9 heteroatoms. The standard InChI is InChI=1S/2C6H3Cl3O.Cu/c2*7-3-1-4(8)6(10)5(9)2-3;/h2*1-2,10H;/q;;+2/p-2. The molecule has 0 unspecified atom stereocenters. The Morgan fingerprint density at radius 2 is 0.714 bits per heavy atom. The number of hydrogen-bond acceptors (Lipinski definition) is 2. The van der Waals surface area contributed by atoms with Crippen LogP contribution in [0.5, 0.6) is 11.5 Å². The summed E-state index contributed by atoms with van der Waals surface area (Å²) in [5.41, 5.74) is 0. The maximum atomic E-state index is 10.8.